The van der Waals surface area contributed by atoms with E-state index < -0.39 is 5.91 Å². The number of benzene rings is 1. The third-order valence-electron chi connectivity index (χ3n) is 3.05. The maximum Gasteiger partial charge on any atom is 0.270 e. The van der Waals surface area contributed by atoms with E-state index in [0.29, 0.717) is 16.7 Å². The second-order valence-electron chi connectivity index (χ2n) is 4.63. The number of amides is 1. The van der Waals surface area contributed by atoms with Crippen LogP contribution in [0.3, 0.4) is 0 Å². The van der Waals surface area contributed by atoms with Gasteiger partial charge in [0.2, 0.25) is 0 Å². The maximum absolute atomic E-state index is 11.4. The standard InChI is InChI=1S/C15H15N5OS/c1-2-17-14-12(13(16)21)20-15(22-14)19-10-5-6-11-9(8-10)4-3-7-18-11/h3-8,17H,2H2,1H3,(H2,16,21)(H,19,20). The van der Waals surface area contributed by atoms with Crippen molar-refractivity contribution in [3.05, 3.63) is 42.2 Å². The Labute approximate surface area is 131 Å². The highest BCUT2D eigenvalue weighted by Gasteiger charge is 2.15. The van der Waals surface area contributed by atoms with Gasteiger partial charge >= 0.3 is 0 Å². The number of aromatic nitrogens is 2. The van der Waals surface area contributed by atoms with Gasteiger partial charge in [0.25, 0.3) is 5.91 Å². The highest BCUT2D eigenvalue weighted by molar-refractivity contribution is 7.19. The van der Waals surface area contributed by atoms with E-state index >= 15 is 0 Å². The van der Waals surface area contributed by atoms with Crippen LogP contribution in [0.5, 0.6) is 0 Å². The summed E-state index contributed by atoms with van der Waals surface area (Å²) >= 11 is 1.36. The molecule has 0 aliphatic heterocycles. The summed E-state index contributed by atoms with van der Waals surface area (Å²) in [5, 5.41) is 8.63. The minimum absolute atomic E-state index is 0.261. The Morgan fingerprint density at radius 1 is 1.36 bits per heavy atom. The van der Waals surface area contributed by atoms with Gasteiger partial charge in [0.15, 0.2) is 10.8 Å². The SMILES string of the molecule is CCNc1sc(Nc2ccc3ncccc3c2)nc1C(N)=O. The number of rotatable bonds is 5. The maximum atomic E-state index is 11.4. The average Bonchev–Trinajstić information content (AvgIpc) is 2.90. The number of primary amides is 1. The topological polar surface area (TPSA) is 92.9 Å². The summed E-state index contributed by atoms with van der Waals surface area (Å²) in [6.45, 7) is 2.65. The molecule has 0 saturated carbocycles. The van der Waals surface area contributed by atoms with Crippen molar-refractivity contribution < 1.29 is 4.79 Å². The van der Waals surface area contributed by atoms with Crippen LogP contribution in [0.2, 0.25) is 0 Å². The molecule has 2 heterocycles. The minimum Gasteiger partial charge on any atom is -0.375 e. The Morgan fingerprint density at radius 2 is 2.23 bits per heavy atom. The van der Waals surface area contributed by atoms with Crippen LogP contribution in [-0.4, -0.2) is 22.4 Å². The predicted molar refractivity (Wildman–Crippen MR) is 89.8 cm³/mol. The quantitative estimate of drug-likeness (QED) is 0.673. The van der Waals surface area contributed by atoms with Gasteiger partial charge in [-0.3, -0.25) is 9.78 Å². The first-order chi connectivity index (χ1) is 10.7. The predicted octanol–water partition coefficient (Wildman–Crippen LogP) is 2.97. The highest BCUT2D eigenvalue weighted by atomic mass is 32.1. The number of anilines is 3. The summed E-state index contributed by atoms with van der Waals surface area (Å²) < 4.78 is 0. The smallest absolute Gasteiger partial charge is 0.270 e. The number of nitrogens with two attached hydrogens (primary N) is 1. The van der Waals surface area contributed by atoms with Gasteiger partial charge in [0.1, 0.15) is 5.00 Å². The number of carbonyl (C=O) groups excluding carboxylic acids is 1. The molecule has 0 aliphatic rings. The second kappa shape index (κ2) is 5.98. The molecule has 4 N–H and O–H groups in total. The van der Waals surface area contributed by atoms with Crippen molar-refractivity contribution in [1.82, 2.24) is 9.97 Å². The molecule has 1 amide bonds. The molecule has 0 aliphatic carbocycles. The van der Waals surface area contributed by atoms with Gasteiger partial charge in [0.05, 0.1) is 5.52 Å². The number of nitrogens with one attached hydrogen (secondary N) is 2. The molecule has 6 nitrogen and oxygen atoms in total. The van der Waals surface area contributed by atoms with Gasteiger partial charge in [-0.1, -0.05) is 17.4 Å². The molecule has 0 fully saturated rings. The summed E-state index contributed by atoms with van der Waals surface area (Å²) in [6, 6.07) is 9.73. The minimum atomic E-state index is -0.539. The van der Waals surface area contributed by atoms with Crippen LogP contribution in [0.15, 0.2) is 36.5 Å². The van der Waals surface area contributed by atoms with Gasteiger partial charge in [-0.25, -0.2) is 4.98 Å². The Balaban J connectivity index is 1.90. The summed E-state index contributed by atoms with van der Waals surface area (Å²) in [4.78, 5) is 20.0. The first-order valence-corrected chi connectivity index (χ1v) is 7.65. The van der Waals surface area contributed by atoms with E-state index in [0.717, 1.165) is 16.6 Å². The molecule has 0 unspecified atom stereocenters. The highest BCUT2D eigenvalue weighted by Crippen LogP contribution is 2.31. The van der Waals surface area contributed by atoms with Crippen LogP contribution >= 0.6 is 11.3 Å². The molecule has 2 aromatic heterocycles. The third-order valence-corrected chi connectivity index (χ3v) is 3.98. The molecular weight excluding hydrogens is 298 g/mol. The summed E-state index contributed by atoms with van der Waals surface area (Å²) in [5.74, 6) is -0.539. The van der Waals surface area contributed by atoms with E-state index in [2.05, 4.69) is 20.6 Å². The van der Waals surface area contributed by atoms with E-state index in [1.165, 1.54) is 11.3 Å². The lowest BCUT2D eigenvalue weighted by atomic mass is 10.2. The first-order valence-electron chi connectivity index (χ1n) is 6.83. The van der Waals surface area contributed by atoms with Crippen molar-refractivity contribution in [3.8, 4) is 0 Å². The van der Waals surface area contributed by atoms with Crippen molar-refractivity contribution in [2.75, 3.05) is 17.2 Å². The number of nitrogens with zero attached hydrogens (tertiary/aromatic N) is 2. The Kier molecular flexibility index (Phi) is 3.88. The first kappa shape index (κ1) is 14.3. The van der Waals surface area contributed by atoms with Crippen molar-refractivity contribution in [2.45, 2.75) is 6.92 Å². The molecule has 0 atom stereocenters. The molecule has 112 valence electrons. The van der Waals surface area contributed by atoms with E-state index in [9.17, 15) is 4.79 Å². The van der Waals surface area contributed by atoms with Crippen LogP contribution in [0, 0.1) is 0 Å². The molecule has 0 radical (unpaired) electrons. The zero-order valence-corrected chi connectivity index (χ0v) is 12.8. The summed E-state index contributed by atoms with van der Waals surface area (Å²) in [6.07, 6.45) is 1.76. The van der Waals surface area contributed by atoms with Crippen LogP contribution in [-0.2, 0) is 0 Å². The fourth-order valence-electron chi connectivity index (χ4n) is 2.10. The number of fused-ring (bicyclic) bond motifs is 1. The van der Waals surface area contributed by atoms with E-state index in [4.69, 9.17) is 5.73 Å². The molecule has 0 saturated heterocycles. The molecule has 1 aromatic carbocycles. The van der Waals surface area contributed by atoms with E-state index in [1.807, 2.05) is 37.3 Å². The van der Waals surface area contributed by atoms with Crippen molar-refractivity contribution in [2.24, 2.45) is 5.73 Å². The molecule has 3 rings (SSSR count). The number of carbonyl (C=O) groups is 1. The van der Waals surface area contributed by atoms with Crippen molar-refractivity contribution >= 4 is 44.0 Å². The van der Waals surface area contributed by atoms with Gasteiger partial charge in [-0.2, -0.15) is 0 Å². The Morgan fingerprint density at radius 3 is 3.00 bits per heavy atom. The van der Waals surface area contributed by atoms with E-state index in [1.54, 1.807) is 6.20 Å². The lowest BCUT2D eigenvalue weighted by Crippen LogP contribution is -2.14. The molecule has 3 aromatic rings. The second-order valence-corrected chi connectivity index (χ2v) is 5.63. The average molecular weight is 313 g/mol. The number of hydrogen-bond acceptors (Lipinski definition) is 6. The van der Waals surface area contributed by atoms with E-state index in [-0.39, 0.29) is 5.69 Å². The lowest BCUT2D eigenvalue weighted by molar-refractivity contribution is 0.0997. The van der Waals surface area contributed by atoms with Gasteiger partial charge in [-0.05, 0) is 31.2 Å². The Bertz CT molecular complexity index is 830. The Hall–Kier alpha value is -2.67. The zero-order valence-electron chi connectivity index (χ0n) is 12.0. The largest absolute Gasteiger partial charge is 0.375 e. The number of pyridine rings is 1. The fourth-order valence-corrected chi connectivity index (χ4v) is 3.06. The van der Waals surface area contributed by atoms with Gasteiger partial charge in [-0.15, -0.1) is 0 Å². The van der Waals surface area contributed by atoms with Gasteiger partial charge in [0, 0.05) is 23.8 Å². The normalized spacial score (nSPS) is 10.6. The third kappa shape index (κ3) is 2.84. The monoisotopic (exact) mass is 313 g/mol. The molecule has 0 bridgehead atoms. The van der Waals surface area contributed by atoms with Crippen molar-refractivity contribution in [1.29, 1.82) is 0 Å². The molecule has 22 heavy (non-hydrogen) atoms. The molecular formula is C15H15N5OS. The summed E-state index contributed by atoms with van der Waals surface area (Å²) in [5.41, 5.74) is 7.43. The van der Waals surface area contributed by atoms with Crippen LogP contribution in [0.1, 0.15) is 17.4 Å². The van der Waals surface area contributed by atoms with Crippen LogP contribution < -0.4 is 16.4 Å². The molecule has 7 heteroatoms. The van der Waals surface area contributed by atoms with Crippen LogP contribution in [0.4, 0.5) is 15.8 Å². The zero-order chi connectivity index (χ0) is 15.5. The molecule has 0 spiro atoms. The van der Waals surface area contributed by atoms with Crippen molar-refractivity contribution in [3.63, 3.8) is 0 Å². The number of thiazole rings is 1. The number of hydrogen-bond donors (Lipinski definition) is 3. The summed E-state index contributed by atoms with van der Waals surface area (Å²) in [7, 11) is 0. The fraction of sp³-hybridized carbons (Fsp3) is 0.133. The van der Waals surface area contributed by atoms with Crippen LogP contribution in [0.25, 0.3) is 10.9 Å². The lowest BCUT2D eigenvalue weighted by Gasteiger charge is -2.03. The van der Waals surface area contributed by atoms with Gasteiger partial charge < -0.3 is 16.4 Å².